The molecule has 0 spiro atoms. The summed E-state index contributed by atoms with van der Waals surface area (Å²) in [6.45, 7) is 16.4. The summed E-state index contributed by atoms with van der Waals surface area (Å²) in [5, 5.41) is 0. The van der Waals surface area contributed by atoms with Crippen LogP contribution in [0.4, 0.5) is 8.78 Å². The van der Waals surface area contributed by atoms with Crippen LogP contribution in [0.15, 0.2) is 60.3 Å². The number of hydrogen-bond acceptors (Lipinski definition) is 1. The number of rotatable bonds is 7. The van der Waals surface area contributed by atoms with E-state index in [1.54, 1.807) is 13.8 Å². The molecule has 0 aliphatic carbocycles. The van der Waals surface area contributed by atoms with Gasteiger partial charge >= 0.3 is 0 Å². The zero-order valence-electron chi connectivity index (χ0n) is 15.3. The quantitative estimate of drug-likeness (QED) is 0.391. The van der Waals surface area contributed by atoms with Gasteiger partial charge in [-0.15, -0.1) is 6.58 Å². The third-order valence-electron chi connectivity index (χ3n) is 3.94. The second kappa shape index (κ2) is 7.69. The zero-order chi connectivity index (χ0) is 18.5. The van der Waals surface area contributed by atoms with Gasteiger partial charge in [0.05, 0.1) is 0 Å². The van der Waals surface area contributed by atoms with Crippen molar-refractivity contribution in [3.8, 4) is 0 Å². The summed E-state index contributed by atoms with van der Waals surface area (Å²) in [5.41, 5.74) is 3.21. The van der Waals surface area contributed by atoms with Crippen molar-refractivity contribution in [3.05, 3.63) is 66.4 Å². The Balaban J connectivity index is 2.99. The van der Waals surface area contributed by atoms with Gasteiger partial charge in [0.25, 0.3) is 5.92 Å². The van der Waals surface area contributed by atoms with Crippen molar-refractivity contribution in [2.24, 2.45) is 10.4 Å². The molecule has 0 radical (unpaired) electrons. The van der Waals surface area contributed by atoms with Crippen LogP contribution >= 0.6 is 0 Å². The van der Waals surface area contributed by atoms with Crippen LogP contribution in [0.1, 0.15) is 52.2 Å². The highest BCUT2D eigenvalue weighted by Gasteiger charge is 2.26. The van der Waals surface area contributed by atoms with E-state index in [1.807, 2.05) is 30.3 Å². The molecule has 0 N–H and O–H groups in total. The van der Waals surface area contributed by atoms with Crippen molar-refractivity contribution < 1.29 is 8.78 Å². The minimum atomic E-state index is -2.94. The van der Waals surface area contributed by atoms with Crippen LogP contribution in [-0.2, 0) is 0 Å². The third kappa shape index (κ3) is 5.55. The van der Waals surface area contributed by atoms with E-state index in [9.17, 15) is 8.78 Å². The van der Waals surface area contributed by atoms with E-state index in [4.69, 9.17) is 0 Å². The van der Waals surface area contributed by atoms with Crippen LogP contribution in [0.25, 0.3) is 5.57 Å². The molecule has 1 rings (SSSR count). The fraction of sp³-hybridized carbons (Fsp3) is 0.381. The van der Waals surface area contributed by atoms with E-state index in [0.29, 0.717) is 5.71 Å². The van der Waals surface area contributed by atoms with Gasteiger partial charge in [0.15, 0.2) is 0 Å². The maximum atomic E-state index is 13.4. The van der Waals surface area contributed by atoms with E-state index in [-0.39, 0.29) is 11.1 Å². The summed E-state index contributed by atoms with van der Waals surface area (Å²) in [4.78, 5) is 4.08. The van der Waals surface area contributed by atoms with E-state index in [0.717, 1.165) is 30.0 Å². The standard InChI is InChI=1S/C21H27F2N/c1-8-19(21(7,22)23)24-16(4)18-12-10-17(11-13-18)15(3)14-20(5,6)9-2/h8-13H,2-3,14H2,1,4-7H3/b19-8?,24-16+. The smallest absolute Gasteiger partial charge is 0.252 e. The predicted octanol–water partition coefficient (Wildman–Crippen LogP) is 6.67. The Morgan fingerprint density at radius 3 is 2.04 bits per heavy atom. The van der Waals surface area contributed by atoms with Crippen molar-refractivity contribution in [3.63, 3.8) is 0 Å². The Morgan fingerprint density at radius 2 is 1.62 bits per heavy atom. The molecule has 0 fully saturated rings. The van der Waals surface area contributed by atoms with Crippen LogP contribution in [0.5, 0.6) is 0 Å². The van der Waals surface area contributed by atoms with Gasteiger partial charge in [-0.25, -0.2) is 0 Å². The molecule has 1 nitrogen and oxygen atoms in total. The number of allylic oxidation sites excluding steroid dienone is 4. The molecule has 3 heteroatoms. The minimum absolute atomic E-state index is 0.0132. The average molecular weight is 331 g/mol. The lowest BCUT2D eigenvalue weighted by Crippen LogP contribution is -2.13. The minimum Gasteiger partial charge on any atom is -0.252 e. The number of benzene rings is 1. The number of halogens is 2. The van der Waals surface area contributed by atoms with Crippen molar-refractivity contribution in [1.82, 2.24) is 0 Å². The molecule has 0 saturated heterocycles. The van der Waals surface area contributed by atoms with Crippen molar-refractivity contribution in [2.75, 3.05) is 0 Å². The van der Waals surface area contributed by atoms with Gasteiger partial charge in [-0.05, 0) is 42.4 Å². The summed E-state index contributed by atoms with van der Waals surface area (Å²) >= 11 is 0. The van der Waals surface area contributed by atoms with Gasteiger partial charge in [-0.2, -0.15) is 8.78 Å². The van der Waals surface area contributed by atoms with E-state index < -0.39 is 5.92 Å². The number of nitrogens with zero attached hydrogens (tertiary/aromatic N) is 1. The highest BCUT2D eigenvalue weighted by atomic mass is 19.3. The molecule has 0 unspecified atom stereocenters. The molecular weight excluding hydrogens is 304 g/mol. The Hall–Kier alpha value is -2.03. The van der Waals surface area contributed by atoms with Crippen LogP contribution in [0.3, 0.4) is 0 Å². The lowest BCUT2D eigenvalue weighted by Gasteiger charge is -2.21. The SMILES string of the molecule is C=CC(C)(C)CC(=C)c1ccc(/C(C)=N/C(=CC)C(C)(F)F)cc1. The fourth-order valence-electron chi connectivity index (χ4n) is 2.33. The first kappa shape index (κ1) is 20.0. The molecule has 0 heterocycles. The molecule has 1 aromatic rings. The van der Waals surface area contributed by atoms with Crippen molar-refractivity contribution >= 4 is 11.3 Å². The molecule has 0 aliphatic rings. The Labute approximate surface area is 144 Å². The Morgan fingerprint density at radius 1 is 1.12 bits per heavy atom. The van der Waals surface area contributed by atoms with E-state index in [2.05, 4.69) is 32.0 Å². The second-order valence-corrected chi connectivity index (χ2v) is 6.81. The zero-order valence-corrected chi connectivity index (χ0v) is 15.3. The first-order valence-electron chi connectivity index (χ1n) is 8.02. The molecule has 0 saturated carbocycles. The number of alkyl halides is 2. The highest BCUT2D eigenvalue weighted by Crippen LogP contribution is 2.31. The first-order chi connectivity index (χ1) is 11.0. The lowest BCUT2D eigenvalue weighted by molar-refractivity contribution is 0.0620. The van der Waals surface area contributed by atoms with Gasteiger partial charge < -0.3 is 0 Å². The van der Waals surface area contributed by atoms with Gasteiger partial charge in [0, 0.05) is 12.6 Å². The van der Waals surface area contributed by atoms with Crippen LogP contribution in [0.2, 0.25) is 0 Å². The highest BCUT2D eigenvalue weighted by molar-refractivity contribution is 5.99. The van der Waals surface area contributed by atoms with Gasteiger partial charge in [0.1, 0.15) is 5.70 Å². The average Bonchev–Trinajstić information content (AvgIpc) is 2.50. The molecule has 0 atom stereocenters. The monoisotopic (exact) mass is 331 g/mol. The van der Waals surface area contributed by atoms with Gasteiger partial charge in [-0.3, -0.25) is 4.99 Å². The molecule has 130 valence electrons. The molecule has 0 aliphatic heterocycles. The second-order valence-electron chi connectivity index (χ2n) is 6.81. The summed E-state index contributed by atoms with van der Waals surface area (Å²) in [6.07, 6.45) is 4.08. The van der Waals surface area contributed by atoms with Crippen LogP contribution in [-0.4, -0.2) is 11.6 Å². The topological polar surface area (TPSA) is 12.4 Å². The molecule has 0 bridgehead atoms. The van der Waals surface area contributed by atoms with E-state index >= 15 is 0 Å². The van der Waals surface area contributed by atoms with Crippen LogP contribution in [0, 0.1) is 5.41 Å². The largest absolute Gasteiger partial charge is 0.286 e. The first-order valence-corrected chi connectivity index (χ1v) is 8.02. The summed E-state index contributed by atoms with van der Waals surface area (Å²) in [7, 11) is 0. The molecule has 1 aromatic carbocycles. The summed E-state index contributed by atoms with van der Waals surface area (Å²) in [5.74, 6) is -2.94. The Bertz CT molecular complexity index is 656. The molecule has 0 amide bonds. The molecular formula is C21H27F2N. The van der Waals surface area contributed by atoms with Crippen LogP contribution < -0.4 is 0 Å². The normalized spacial score (nSPS) is 13.8. The predicted molar refractivity (Wildman–Crippen MR) is 101 cm³/mol. The molecule has 0 aromatic heterocycles. The lowest BCUT2D eigenvalue weighted by atomic mass is 9.84. The van der Waals surface area contributed by atoms with Crippen molar-refractivity contribution in [2.45, 2.75) is 47.0 Å². The fourth-order valence-corrected chi connectivity index (χ4v) is 2.33. The van der Waals surface area contributed by atoms with Crippen molar-refractivity contribution in [1.29, 1.82) is 0 Å². The van der Waals surface area contributed by atoms with Gasteiger partial charge in [0.2, 0.25) is 0 Å². The maximum Gasteiger partial charge on any atom is 0.286 e. The summed E-state index contributed by atoms with van der Waals surface area (Å²) in [6, 6.07) is 7.69. The van der Waals surface area contributed by atoms with E-state index in [1.165, 1.54) is 6.08 Å². The van der Waals surface area contributed by atoms with Gasteiger partial charge in [-0.1, -0.05) is 56.8 Å². The third-order valence-corrected chi connectivity index (χ3v) is 3.94. The number of aliphatic imine (C=N–C) groups is 1. The Kier molecular flexibility index (Phi) is 6.42. The maximum absolute atomic E-state index is 13.4. The molecule has 24 heavy (non-hydrogen) atoms. The number of hydrogen-bond donors (Lipinski definition) is 0. The summed E-state index contributed by atoms with van der Waals surface area (Å²) < 4.78 is 26.9.